The first kappa shape index (κ1) is 46.3. The van der Waals surface area contributed by atoms with Gasteiger partial charge < -0.3 is 23.7 Å². The van der Waals surface area contributed by atoms with E-state index in [2.05, 4.69) is 4.98 Å². The normalized spacial score (nSPS) is 11.5. The van der Waals surface area contributed by atoms with Crippen molar-refractivity contribution in [3.05, 3.63) is 123 Å². The third-order valence-electron chi connectivity index (χ3n) is 10.2. The van der Waals surface area contributed by atoms with Crippen LogP contribution in [0.4, 0.5) is 0 Å². The fourth-order valence-corrected chi connectivity index (χ4v) is 7.25. The van der Waals surface area contributed by atoms with Crippen molar-refractivity contribution in [3.8, 4) is 0 Å². The molecule has 0 spiro atoms. The number of aryl methyl sites for hydroxylation is 4. The lowest BCUT2D eigenvalue weighted by Gasteiger charge is -2.11. The number of aliphatic hydroxyl groups is 1. The summed E-state index contributed by atoms with van der Waals surface area (Å²) in [6.45, 7) is 9.86. The highest BCUT2D eigenvalue weighted by molar-refractivity contribution is 6.30. The maximum atomic E-state index is 13.3. The van der Waals surface area contributed by atoms with E-state index in [9.17, 15) is 19.2 Å². The summed E-state index contributed by atoms with van der Waals surface area (Å²) in [4.78, 5) is 61.3. The SMILES string of the molecule is CCCCn1c(=O)c2c(nc(CCCOCC)n2Cc2ccc(Cl)cc2)n(C)c1=O.CCOCCCc1nc2c(c(=O)n(CCCO)c(=O)n2C)n1Cc1ccc(Cl)cc1. The molecule has 0 aliphatic carbocycles. The van der Waals surface area contributed by atoms with Crippen molar-refractivity contribution >= 4 is 45.5 Å². The Balaban J connectivity index is 0.000000228. The van der Waals surface area contributed by atoms with Gasteiger partial charge in [-0.2, -0.15) is 0 Å². The molecule has 60 heavy (non-hydrogen) atoms. The van der Waals surface area contributed by atoms with Gasteiger partial charge in [-0.3, -0.25) is 27.9 Å². The monoisotopic (exact) mass is 866 g/mol. The largest absolute Gasteiger partial charge is 0.396 e. The van der Waals surface area contributed by atoms with Crippen molar-refractivity contribution < 1.29 is 14.6 Å². The van der Waals surface area contributed by atoms with E-state index in [1.54, 1.807) is 26.2 Å². The smallest absolute Gasteiger partial charge is 0.332 e. The number of rotatable bonds is 20. The summed E-state index contributed by atoms with van der Waals surface area (Å²) in [5.41, 5.74) is 2.21. The summed E-state index contributed by atoms with van der Waals surface area (Å²) >= 11 is 12.0. The second-order valence-electron chi connectivity index (χ2n) is 14.5. The molecule has 0 aliphatic heterocycles. The van der Waals surface area contributed by atoms with Crippen LogP contribution >= 0.6 is 23.2 Å². The average molecular weight is 868 g/mol. The Bertz CT molecular complexity index is 2410. The van der Waals surface area contributed by atoms with Gasteiger partial charge in [-0.15, -0.1) is 0 Å². The molecule has 0 aliphatic rings. The number of imidazole rings is 2. The molecule has 0 atom stereocenters. The first-order chi connectivity index (χ1) is 28.9. The van der Waals surface area contributed by atoms with E-state index in [4.69, 9.17) is 42.8 Å². The van der Waals surface area contributed by atoms with Crippen LogP contribution < -0.4 is 22.5 Å². The van der Waals surface area contributed by atoms with Gasteiger partial charge in [-0.05, 0) is 74.9 Å². The van der Waals surface area contributed by atoms with Crippen LogP contribution in [0.2, 0.25) is 10.0 Å². The predicted octanol–water partition coefficient (Wildman–Crippen LogP) is 5.32. The zero-order valence-corrected chi connectivity index (χ0v) is 36.7. The second-order valence-corrected chi connectivity index (χ2v) is 15.3. The Morgan fingerprint density at radius 2 is 0.983 bits per heavy atom. The fourth-order valence-electron chi connectivity index (χ4n) is 6.99. The minimum absolute atomic E-state index is 0.0969. The minimum Gasteiger partial charge on any atom is -0.396 e. The summed E-state index contributed by atoms with van der Waals surface area (Å²) in [5.74, 6) is 1.51. The van der Waals surface area contributed by atoms with Crippen LogP contribution in [0.25, 0.3) is 22.3 Å². The molecule has 0 saturated heterocycles. The van der Waals surface area contributed by atoms with Crippen molar-refractivity contribution in [3.63, 3.8) is 0 Å². The molecule has 0 fully saturated rings. The number of benzene rings is 2. The first-order valence-corrected chi connectivity index (χ1v) is 21.3. The lowest BCUT2D eigenvalue weighted by molar-refractivity contribution is 0.144. The molecule has 4 heterocycles. The van der Waals surface area contributed by atoms with Gasteiger partial charge in [-0.1, -0.05) is 60.8 Å². The molecular formula is C43H56Cl2N8O7. The second kappa shape index (κ2) is 22.2. The number of ether oxygens (including phenoxy) is 2. The Hall–Kier alpha value is -4.80. The maximum Gasteiger partial charge on any atom is 0.332 e. The van der Waals surface area contributed by atoms with E-state index in [-0.39, 0.29) is 30.0 Å². The van der Waals surface area contributed by atoms with Crippen molar-refractivity contribution in [1.82, 2.24) is 37.4 Å². The molecule has 0 unspecified atom stereocenters. The highest BCUT2D eigenvalue weighted by atomic mass is 35.5. The molecule has 15 nitrogen and oxygen atoms in total. The highest BCUT2D eigenvalue weighted by Gasteiger charge is 2.22. The van der Waals surface area contributed by atoms with Crippen molar-refractivity contribution in [2.24, 2.45) is 14.1 Å². The van der Waals surface area contributed by atoms with Crippen LogP contribution in [0.1, 0.15) is 75.7 Å². The van der Waals surface area contributed by atoms with Crippen molar-refractivity contribution in [2.45, 2.75) is 91.9 Å². The quantitative estimate of drug-likeness (QED) is 0.100. The van der Waals surface area contributed by atoms with Gasteiger partial charge >= 0.3 is 11.4 Å². The number of fused-ring (bicyclic) bond motifs is 2. The topological polar surface area (TPSA) is 162 Å². The first-order valence-electron chi connectivity index (χ1n) is 20.6. The number of unbranched alkanes of at least 4 members (excludes halogenated alkanes) is 1. The highest BCUT2D eigenvalue weighted by Crippen LogP contribution is 2.19. The van der Waals surface area contributed by atoms with E-state index in [0.717, 1.165) is 48.5 Å². The van der Waals surface area contributed by atoms with Gasteiger partial charge in [0, 0.05) is 96.2 Å². The van der Waals surface area contributed by atoms with E-state index in [1.165, 1.54) is 18.3 Å². The van der Waals surface area contributed by atoms with Gasteiger partial charge in [0.15, 0.2) is 22.3 Å². The number of halogens is 2. The van der Waals surface area contributed by atoms with Crippen molar-refractivity contribution in [2.75, 3.05) is 33.0 Å². The molecule has 2 aromatic carbocycles. The average Bonchev–Trinajstić information content (AvgIpc) is 3.79. The van der Waals surface area contributed by atoms with Crippen LogP contribution in [-0.2, 0) is 62.6 Å². The molecule has 6 aromatic rings. The van der Waals surface area contributed by atoms with E-state index >= 15 is 0 Å². The van der Waals surface area contributed by atoms with E-state index in [0.29, 0.717) is 97.7 Å². The number of hydrogen-bond acceptors (Lipinski definition) is 9. The zero-order chi connectivity index (χ0) is 43.3. The summed E-state index contributed by atoms with van der Waals surface area (Å²) in [5, 5.41) is 10.4. The van der Waals surface area contributed by atoms with E-state index in [1.807, 2.05) is 66.3 Å². The van der Waals surface area contributed by atoms with Crippen LogP contribution in [0.5, 0.6) is 0 Å². The third-order valence-corrected chi connectivity index (χ3v) is 10.7. The molecule has 6 rings (SSSR count). The van der Waals surface area contributed by atoms with Crippen LogP contribution in [0.3, 0.4) is 0 Å². The van der Waals surface area contributed by atoms with Gasteiger partial charge in [0.25, 0.3) is 11.1 Å². The number of aromatic nitrogens is 8. The van der Waals surface area contributed by atoms with Gasteiger partial charge in [-0.25, -0.2) is 19.6 Å². The lowest BCUT2D eigenvalue weighted by Crippen LogP contribution is -2.40. The molecule has 0 radical (unpaired) electrons. The Morgan fingerprint density at radius 1 is 0.583 bits per heavy atom. The lowest BCUT2D eigenvalue weighted by atomic mass is 10.2. The van der Waals surface area contributed by atoms with Gasteiger partial charge in [0.1, 0.15) is 11.6 Å². The van der Waals surface area contributed by atoms with Crippen LogP contribution in [0.15, 0.2) is 67.7 Å². The van der Waals surface area contributed by atoms with E-state index < -0.39 is 5.69 Å². The third kappa shape index (κ3) is 10.9. The molecule has 4 aromatic heterocycles. The van der Waals surface area contributed by atoms with Crippen LogP contribution in [0, 0.1) is 0 Å². The molecule has 0 amide bonds. The summed E-state index contributed by atoms with van der Waals surface area (Å²) < 4.78 is 20.1. The summed E-state index contributed by atoms with van der Waals surface area (Å²) in [6.07, 6.45) is 4.82. The Labute approximate surface area is 358 Å². The standard InChI is InChI=1S/C22H29ClN4O3.C21H27ClN4O4/c1-4-6-13-26-21(28)19-20(25(3)22(26)29)24-18(8-7-14-30-5-2)27(19)15-16-9-11-17(23)12-10-16;1-3-30-13-4-6-17-23-19-18(26(17)14-15-7-9-16(22)10-8-15)20(28)25(11-5-12-27)21(29)24(19)2/h9-12H,4-8,13-15H2,1-3H3;7-10,27H,3-6,11-14H2,1-2H3. The maximum absolute atomic E-state index is 13.3. The molecule has 324 valence electrons. The minimum atomic E-state index is -0.432. The summed E-state index contributed by atoms with van der Waals surface area (Å²) in [7, 11) is 3.29. The van der Waals surface area contributed by atoms with Crippen LogP contribution in [-0.4, -0.2) is 75.5 Å². The zero-order valence-electron chi connectivity index (χ0n) is 35.2. The Morgan fingerprint density at radius 3 is 1.35 bits per heavy atom. The molecule has 17 heteroatoms. The number of hydrogen-bond donors (Lipinski definition) is 1. The summed E-state index contributed by atoms with van der Waals surface area (Å²) in [6, 6.07) is 15.0. The van der Waals surface area contributed by atoms with Gasteiger partial charge in [0.05, 0.1) is 0 Å². The molecule has 0 bridgehead atoms. The Kier molecular flexibility index (Phi) is 17.1. The van der Waals surface area contributed by atoms with Gasteiger partial charge in [0.2, 0.25) is 0 Å². The molecule has 1 N–H and O–H groups in total. The number of nitrogens with zero attached hydrogens (tertiary/aromatic N) is 8. The van der Waals surface area contributed by atoms with Crippen molar-refractivity contribution in [1.29, 1.82) is 0 Å². The fraction of sp³-hybridized carbons (Fsp3) is 0.488. The molecular weight excluding hydrogens is 811 g/mol. The number of aliphatic hydroxyl groups excluding tert-OH is 1. The predicted molar refractivity (Wildman–Crippen MR) is 236 cm³/mol. The molecule has 0 saturated carbocycles.